The van der Waals surface area contributed by atoms with Crippen LogP contribution in [0.25, 0.3) is 0 Å². The smallest absolute Gasteiger partial charge is 0.146 e. The molecule has 68 valence electrons. The second-order valence-electron chi connectivity index (χ2n) is 2.44. The predicted octanol–water partition coefficient (Wildman–Crippen LogP) is 1.23. The molecule has 0 aliphatic heterocycles. The lowest BCUT2D eigenvalue weighted by atomic mass is 10.2. The number of nitrogens with two attached hydrogens (primary N) is 2. The maximum atomic E-state index is 5.54. The molecule has 0 spiro atoms. The number of alkyl halides is 1. The number of halogens is 1. The van der Waals surface area contributed by atoms with Crippen LogP contribution in [0.1, 0.15) is 12.0 Å². The predicted molar refractivity (Wildman–Crippen MR) is 55.3 cm³/mol. The Kier molecular flexibility index (Phi) is 3.41. The standard InChI is InChI=1S/C9H10ClN3/c10-4-2-1-3-7-5-8(11)9(12)13-6-7/h5-6H,2,4,11H2,(H2,12,13). The van der Waals surface area contributed by atoms with E-state index in [0.29, 0.717) is 23.8 Å². The molecule has 13 heavy (non-hydrogen) atoms. The van der Waals surface area contributed by atoms with E-state index in [1.807, 2.05) is 0 Å². The van der Waals surface area contributed by atoms with Gasteiger partial charge in [0.05, 0.1) is 5.69 Å². The van der Waals surface area contributed by atoms with Gasteiger partial charge in [0.15, 0.2) is 0 Å². The van der Waals surface area contributed by atoms with Crippen molar-refractivity contribution in [2.75, 3.05) is 17.3 Å². The summed E-state index contributed by atoms with van der Waals surface area (Å²) in [5.74, 6) is 6.63. The van der Waals surface area contributed by atoms with Gasteiger partial charge in [-0.2, -0.15) is 0 Å². The first-order valence-electron chi connectivity index (χ1n) is 3.80. The molecule has 0 amide bonds. The number of hydrogen-bond acceptors (Lipinski definition) is 3. The van der Waals surface area contributed by atoms with E-state index in [4.69, 9.17) is 23.1 Å². The van der Waals surface area contributed by atoms with Crippen LogP contribution in [0.3, 0.4) is 0 Å². The lowest BCUT2D eigenvalue weighted by Gasteiger charge is -1.97. The highest BCUT2D eigenvalue weighted by atomic mass is 35.5. The zero-order valence-electron chi connectivity index (χ0n) is 7.05. The van der Waals surface area contributed by atoms with Crippen molar-refractivity contribution < 1.29 is 0 Å². The minimum atomic E-state index is 0.336. The summed E-state index contributed by atoms with van der Waals surface area (Å²) < 4.78 is 0. The van der Waals surface area contributed by atoms with E-state index in [-0.39, 0.29) is 0 Å². The Morgan fingerprint density at radius 1 is 1.46 bits per heavy atom. The van der Waals surface area contributed by atoms with Gasteiger partial charge in [0.1, 0.15) is 5.82 Å². The fraction of sp³-hybridized carbons (Fsp3) is 0.222. The molecule has 0 saturated heterocycles. The summed E-state index contributed by atoms with van der Waals surface area (Å²) in [4.78, 5) is 3.87. The highest BCUT2D eigenvalue weighted by Crippen LogP contribution is 2.11. The van der Waals surface area contributed by atoms with Gasteiger partial charge in [0, 0.05) is 24.1 Å². The molecule has 1 aromatic heterocycles. The van der Waals surface area contributed by atoms with E-state index in [9.17, 15) is 0 Å². The minimum Gasteiger partial charge on any atom is -0.396 e. The summed E-state index contributed by atoms with van der Waals surface area (Å²) in [5.41, 5.74) is 12.2. The topological polar surface area (TPSA) is 64.9 Å². The van der Waals surface area contributed by atoms with Crippen molar-refractivity contribution >= 4 is 23.1 Å². The van der Waals surface area contributed by atoms with Crippen molar-refractivity contribution in [3.05, 3.63) is 17.8 Å². The van der Waals surface area contributed by atoms with Gasteiger partial charge in [-0.05, 0) is 6.07 Å². The zero-order chi connectivity index (χ0) is 9.68. The Balaban J connectivity index is 2.81. The average Bonchev–Trinajstić information content (AvgIpc) is 2.12. The molecule has 0 radical (unpaired) electrons. The van der Waals surface area contributed by atoms with Gasteiger partial charge in [-0.1, -0.05) is 11.8 Å². The van der Waals surface area contributed by atoms with E-state index in [1.54, 1.807) is 12.3 Å². The van der Waals surface area contributed by atoms with Crippen LogP contribution in [-0.4, -0.2) is 10.9 Å². The number of nitrogens with zero attached hydrogens (tertiary/aromatic N) is 1. The van der Waals surface area contributed by atoms with Crippen molar-refractivity contribution in [1.82, 2.24) is 4.98 Å². The molecule has 0 atom stereocenters. The highest BCUT2D eigenvalue weighted by Gasteiger charge is 1.94. The quantitative estimate of drug-likeness (QED) is 0.523. The van der Waals surface area contributed by atoms with Gasteiger partial charge in [-0.3, -0.25) is 0 Å². The molecule has 1 rings (SSSR count). The van der Waals surface area contributed by atoms with Crippen LogP contribution in [0.2, 0.25) is 0 Å². The number of anilines is 2. The van der Waals surface area contributed by atoms with Crippen molar-refractivity contribution in [3.63, 3.8) is 0 Å². The Bertz CT molecular complexity index is 352. The summed E-state index contributed by atoms with van der Waals surface area (Å²) >= 11 is 5.46. The molecule has 0 bridgehead atoms. The molecular formula is C9H10ClN3. The number of hydrogen-bond donors (Lipinski definition) is 2. The second kappa shape index (κ2) is 4.58. The summed E-state index contributed by atoms with van der Waals surface area (Å²) in [6.07, 6.45) is 2.25. The first-order chi connectivity index (χ1) is 6.24. The molecule has 0 aliphatic carbocycles. The fourth-order valence-electron chi connectivity index (χ4n) is 0.773. The van der Waals surface area contributed by atoms with Gasteiger partial charge >= 0.3 is 0 Å². The fourth-order valence-corrected chi connectivity index (χ4v) is 0.867. The van der Waals surface area contributed by atoms with E-state index in [2.05, 4.69) is 16.8 Å². The number of nitrogen functional groups attached to an aromatic ring is 2. The molecule has 4 N–H and O–H groups in total. The third-order valence-corrected chi connectivity index (χ3v) is 1.59. The SMILES string of the molecule is Nc1cc(C#CCCCl)cnc1N. The summed E-state index contributed by atoms with van der Waals surface area (Å²) in [6.45, 7) is 0. The van der Waals surface area contributed by atoms with E-state index < -0.39 is 0 Å². The molecule has 3 nitrogen and oxygen atoms in total. The van der Waals surface area contributed by atoms with Crippen LogP contribution in [0.15, 0.2) is 12.3 Å². The maximum Gasteiger partial charge on any atom is 0.146 e. The van der Waals surface area contributed by atoms with E-state index in [0.717, 1.165) is 5.56 Å². The molecular weight excluding hydrogens is 186 g/mol. The molecule has 0 unspecified atom stereocenters. The second-order valence-corrected chi connectivity index (χ2v) is 2.82. The largest absolute Gasteiger partial charge is 0.396 e. The van der Waals surface area contributed by atoms with Crippen LogP contribution in [0.5, 0.6) is 0 Å². The maximum absolute atomic E-state index is 5.54. The van der Waals surface area contributed by atoms with Gasteiger partial charge in [-0.15, -0.1) is 11.6 Å². The normalized spacial score (nSPS) is 9.00. The average molecular weight is 196 g/mol. The third-order valence-electron chi connectivity index (χ3n) is 1.40. The summed E-state index contributed by atoms with van der Waals surface area (Å²) in [7, 11) is 0. The molecule has 0 saturated carbocycles. The molecule has 1 heterocycles. The first kappa shape index (κ1) is 9.69. The zero-order valence-corrected chi connectivity index (χ0v) is 7.80. The monoisotopic (exact) mass is 195 g/mol. The Labute approximate surface area is 82.1 Å². The van der Waals surface area contributed by atoms with Gasteiger partial charge in [0.25, 0.3) is 0 Å². The Hall–Kier alpha value is -1.40. The van der Waals surface area contributed by atoms with Crippen LogP contribution < -0.4 is 11.5 Å². The lowest BCUT2D eigenvalue weighted by molar-refractivity contribution is 1.28. The molecule has 1 aromatic rings. The summed E-state index contributed by atoms with van der Waals surface area (Å²) in [6, 6.07) is 1.70. The molecule has 0 fully saturated rings. The Morgan fingerprint density at radius 2 is 2.23 bits per heavy atom. The number of rotatable bonds is 1. The Morgan fingerprint density at radius 3 is 2.85 bits per heavy atom. The summed E-state index contributed by atoms with van der Waals surface area (Å²) in [5, 5.41) is 0. The van der Waals surface area contributed by atoms with Crippen LogP contribution in [0.4, 0.5) is 11.5 Å². The van der Waals surface area contributed by atoms with E-state index in [1.165, 1.54) is 0 Å². The van der Waals surface area contributed by atoms with Crippen molar-refractivity contribution in [3.8, 4) is 11.8 Å². The number of pyridine rings is 1. The van der Waals surface area contributed by atoms with Crippen LogP contribution in [-0.2, 0) is 0 Å². The number of aromatic nitrogens is 1. The van der Waals surface area contributed by atoms with Crippen molar-refractivity contribution in [2.45, 2.75) is 6.42 Å². The minimum absolute atomic E-state index is 0.336. The van der Waals surface area contributed by atoms with Gasteiger partial charge in [-0.25, -0.2) is 4.98 Å². The van der Waals surface area contributed by atoms with Crippen molar-refractivity contribution in [2.24, 2.45) is 0 Å². The van der Waals surface area contributed by atoms with Gasteiger partial charge in [0.2, 0.25) is 0 Å². The molecule has 4 heteroatoms. The van der Waals surface area contributed by atoms with Crippen LogP contribution >= 0.6 is 11.6 Å². The highest BCUT2D eigenvalue weighted by molar-refractivity contribution is 6.18. The molecule has 0 aliphatic rings. The molecule has 0 aromatic carbocycles. The lowest BCUT2D eigenvalue weighted by Crippen LogP contribution is -1.97. The van der Waals surface area contributed by atoms with Crippen molar-refractivity contribution in [1.29, 1.82) is 0 Å². The van der Waals surface area contributed by atoms with Gasteiger partial charge < -0.3 is 11.5 Å². The van der Waals surface area contributed by atoms with E-state index >= 15 is 0 Å². The third kappa shape index (κ3) is 2.85. The van der Waals surface area contributed by atoms with Crippen LogP contribution in [0, 0.1) is 11.8 Å². The first-order valence-corrected chi connectivity index (χ1v) is 4.33.